The summed E-state index contributed by atoms with van der Waals surface area (Å²) in [7, 11) is 0. The van der Waals surface area contributed by atoms with Crippen LogP contribution in [-0.4, -0.2) is 14.5 Å². The van der Waals surface area contributed by atoms with Gasteiger partial charge in [0.1, 0.15) is 17.5 Å². The summed E-state index contributed by atoms with van der Waals surface area (Å²) < 4.78 is 1.71. The molecule has 8 heteroatoms. The van der Waals surface area contributed by atoms with Gasteiger partial charge in [0, 0.05) is 5.69 Å². The largest absolute Gasteiger partial charge is 0.382 e. The first-order valence-electron chi connectivity index (χ1n) is 10.1. The summed E-state index contributed by atoms with van der Waals surface area (Å²) in [5.41, 5.74) is 15.0. The van der Waals surface area contributed by atoms with E-state index in [1.54, 1.807) is 4.57 Å². The van der Waals surface area contributed by atoms with Crippen molar-refractivity contribution < 1.29 is 0 Å². The zero-order valence-corrected chi connectivity index (χ0v) is 18.0. The SMILES string of the molecule is Cc1ccccc1-n1c([C@H](C)Nc2nc(N)nc(N)c2C#N)cc2cccc(C)c2c1=O. The van der Waals surface area contributed by atoms with Crippen LogP contribution in [0.5, 0.6) is 0 Å². The van der Waals surface area contributed by atoms with Crippen LogP contribution in [0.15, 0.2) is 53.3 Å². The fourth-order valence-electron chi connectivity index (χ4n) is 3.93. The van der Waals surface area contributed by atoms with Crippen LogP contribution >= 0.6 is 0 Å². The molecule has 0 aliphatic carbocycles. The summed E-state index contributed by atoms with van der Waals surface area (Å²) in [4.78, 5) is 21.7. The second-order valence-corrected chi connectivity index (χ2v) is 7.70. The van der Waals surface area contributed by atoms with Gasteiger partial charge in [0.05, 0.1) is 17.1 Å². The van der Waals surface area contributed by atoms with Gasteiger partial charge in [-0.1, -0.05) is 36.4 Å². The number of hydrogen-bond acceptors (Lipinski definition) is 7. The summed E-state index contributed by atoms with van der Waals surface area (Å²) >= 11 is 0. The predicted molar refractivity (Wildman–Crippen MR) is 127 cm³/mol. The van der Waals surface area contributed by atoms with E-state index in [1.165, 1.54) is 0 Å². The van der Waals surface area contributed by atoms with Crippen molar-refractivity contribution in [1.82, 2.24) is 14.5 Å². The van der Waals surface area contributed by atoms with Crippen molar-refractivity contribution in [2.45, 2.75) is 26.8 Å². The molecule has 0 spiro atoms. The van der Waals surface area contributed by atoms with Crippen molar-refractivity contribution >= 4 is 28.4 Å². The molecule has 0 bridgehead atoms. The average Bonchev–Trinajstić information content (AvgIpc) is 2.74. The second kappa shape index (κ2) is 8.04. The molecule has 8 nitrogen and oxygen atoms in total. The molecule has 0 aliphatic rings. The van der Waals surface area contributed by atoms with E-state index in [2.05, 4.69) is 15.3 Å². The Morgan fingerprint density at radius 2 is 1.78 bits per heavy atom. The van der Waals surface area contributed by atoms with Crippen molar-refractivity contribution in [2.75, 3.05) is 16.8 Å². The Hall–Kier alpha value is -4.38. The van der Waals surface area contributed by atoms with Gasteiger partial charge in [-0.05, 0) is 49.4 Å². The lowest BCUT2D eigenvalue weighted by atomic mass is 10.0. The molecule has 0 amide bonds. The van der Waals surface area contributed by atoms with Gasteiger partial charge < -0.3 is 16.8 Å². The minimum atomic E-state index is -0.409. The molecule has 0 radical (unpaired) electrons. The van der Waals surface area contributed by atoms with Crippen molar-refractivity contribution in [3.63, 3.8) is 0 Å². The third kappa shape index (κ3) is 3.50. The number of rotatable bonds is 4. The van der Waals surface area contributed by atoms with Crippen molar-refractivity contribution in [2.24, 2.45) is 0 Å². The maximum atomic E-state index is 13.7. The highest BCUT2D eigenvalue weighted by Crippen LogP contribution is 2.28. The molecule has 160 valence electrons. The first-order chi connectivity index (χ1) is 15.3. The fourth-order valence-corrected chi connectivity index (χ4v) is 3.93. The molecule has 2 aromatic heterocycles. The highest BCUT2D eigenvalue weighted by atomic mass is 16.1. The Kier molecular flexibility index (Phi) is 5.24. The standard InChI is InChI=1S/C24H23N7O/c1-13-7-4-5-10-18(13)31-19(11-16-9-6-8-14(2)20(16)23(31)32)15(3)28-22-17(12-25)21(26)29-24(27)30-22/h4-11,15H,1-3H3,(H5,26,27,28,29,30)/t15-/m0/s1. The van der Waals surface area contributed by atoms with E-state index in [0.29, 0.717) is 11.1 Å². The van der Waals surface area contributed by atoms with Crippen LogP contribution in [0.25, 0.3) is 16.5 Å². The number of nitrogens with zero attached hydrogens (tertiary/aromatic N) is 4. The molecular weight excluding hydrogens is 402 g/mol. The maximum Gasteiger partial charge on any atom is 0.263 e. The molecule has 1 atom stereocenters. The number of aromatic nitrogens is 3. The molecular formula is C24H23N7O. The van der Waals surface area contributed by atoms with E-state index in [4.69, 9.17) is 11.5 Å². The van der Waals surface area contributed by atoms with Crippen LogP contribution in [-0.2, 0) is 0 Å². The van der Waals surface area contributed by atoms with E-state index in [1.807, 2.05) is 75.4 Å². The number of nitrogens with two attached hydrogens (primary N) is 2. The lowest BCUT2D eigenvalue weighted by Gasteiger charge is -2.23. The zero-order chi connectivity index (χ0) is 23.0. The number of aryl methyl sites for hydroxylation is 2. The average molecular weight is 425 g/mol. The van der Waals surface area contributed by atoms with Crippen LogP contribution in [0.4, 0.5) is 17.6 Å². The Morgan fingerprint density at radius 1 is 1.06 bits per heavy atom. The number of benzene rings is 2. The lowest BCUT2D eigenvalue weighted by Crippen LogP contribution is -2.27. The molecule has 2 aromatic carbocycles. The Balaban J connectivity index is 1.97. The monoisotopic (exact) mass is 425 g/mol. The van der Waals surface area contributed by atoms with E-state index < -0.39 is 6.04 Å². The molecule has 4 rings (SSSR count). The minimum absolute atomic E-state index is 0.000121. The summed E-state index contributed by atoms with van der Waals surface area (Å²) in [6, 6.07) is 17.1. The summed E-state index contributed by atoms with van der Waals surface area (Å²) in [6.07, 6.45) is 0. The van der Waals surface area contributed by atoms with Crippen molar-refractivity contribution in [3.05, 3.63) is 81.3 Å². The summed E-state index contributed by atoms with van der Waals surface area (Å²) in [5.74, 6) is 0.180. The van der Waals surface area contributed by atoms with Crippen LogP contribution in [0.2, 0.25) is 0 Å². The molecule has 2 heterocycles. The van der Waals surface area contributed by atoms with E-state index in [9.17, 15) is 10.1 Å². The van der Waals surface area contributed by atoms with Crippen LogP contribution in [0.3, 0.4) is 0 Å². The molecule has 0 aliphatic heterocycles. The van der Waals surface area contributed by atoms with Crippen LogP contribution in [0, 0.1) is 25.2 Å². The number of nitriles is 1. The van der Waals surface area contributed by atoms with Crippen LogP contribution < -0.4 is 22.3 Å². The molecule has 5 N–H and O–H groups in total. The molecule has 4 aromatic rings. The first-order valence-corrected chi connectivity index (χ1v) is 10.1. The normalized spacial score (nSPS) is 11.8. The summed E-state index contributed by atoms with van der Waals surface area (Å²) in [6.45, 7) is 5.78. The molecule has 32 heavy (non-hydrogen) atoms. The molecule has 0 unspecified atom stereocenters. The quantitative estimate of drug-likeness (QED) is 0.454. The van der Waals surface area contributed by atoms with E-state index in [0.717, 1.165) is 22.2 Å². The number of hydrogen-bond donors (Lipinski definition) is 3. The zero-order valence-electron chi connectivity index (χ0n) is 18.0. The van der Waals surface area contributed by atoms with Gasteiger partial charge in [0.15, 0.2) is 5.82 Å². The first kappa shape index (κ1) is 20.9. The highest BCUT2D eigenvalue weighted by molar-refractivity contribution is 5.85. The van der Waals surface area contributed by atoms with Gasteiger partial charge in [-0.25, -0.2) is 0 Å². The third-order valence-electron chi connectivity index (χ3n) is 5.50. The van der Waals surface area contributed by atoms with Gasteiger partial charge in [0.25, 0.3) is 5.56 Å². The van der Waals surface area contributed by atoms with Crippen molar-refractivity contribution in [1.29, 1.82) is 5.26 Å². The molecule has 0 saturated carbocycles. The van der Waals surface area contributed by atoms with Gasteiger partial charge in [0.2, 0.25) is 5.95 Å². The predicted octanol–water partition coefficient (Wildman–Crippen LogP) is 3.61. The number of fused-ring (bicyclic) bond motifs is 1. The smallest absolute Gasteiger partial charge is 0.263 e. The fraction of sp³-hybridized carbons (Fsp3) is 0.167. The Morgan fingerprint density at radius 3 is 2.50 bits per heavy atom. The summed E-state index contributed by atoms with van der Waals surface area (Å²) in [5, 5.41) is 14.2. The number of anilines is 3. The maximum absolute atomic E-state index is 13.7. The highest BCUT2D eigenvalue weighted by Gasteiger charge is 2.20. The number of nitrogens with one attached hydrogen (secondary N) is 1. The van der Waals surface area contributed by atoms with Gasteiger partial charge in [-0.15, -0.1) is 0 Å². The topological polar surface area (TPSA) is 136 Å². The van der Waals surface area contributed by atoms with Crippen molar-refractivity contribution in [3.8, 4) is 11.8 Å². The van der Waals surface area contributed by atoms with Gasteiger partial charge in [-0.3, -0.25) is 9.36 Å². The lowest BCUT2D eigenvalue weighted by molar-refractivity contribution is 0.770. The molecule has 0 saturated heterocycles. The number of nitrogen functional groups attached to an aromatic ring is 2. The van der Waals surface area contributed by atoms with E-state index in [-0.39, 0.29) is 28.7 Å². The Bertz CT molecular complexity index is 1450. The minimum Gasteiger partial charge on any atom is -0.382 e. The van der Waals surface area contributed by atoms with Crippen LogP contribution in [0.1, 0.15) is 35.3 Å². The Labute approximate surface area is 185 Å². The van der Waals surface area contributed by atoms with Gasteiger partial charge >= 0.3 is 0 Å². The van der Waals surface area contributed by atoms with Gasteiger partial charge in [-0.2, -0.15) is 15.2 Å². The third-order valence-corrected chi connectivity index (χ3v) is 5.50. The van der Waals surface area contributed by atoms with E-state index >= 15 is 0 Å². The second-order valence-electron chi connectivity index (χ2n) is 7.70. The number of pyridine rings is 1. The number of para-hydroxylation sites is 1. The molecule has 0 fully saturated rings.